The average Bonchev–Trinajstić information content (AvgIpc) is 2.00. The fourth-order valence-electron chi connectivity index (χ4n) is 1.23. The Labute approximate surface area is 75.2 Å². The molecule has 0 N–H and O–H groups in total. The van der Waals surface area contributed by atoms with Crippen LogP contribution in [0.2, 0.25) is 0 Å². The molecule has 0 amide bonds. The third-order valence-corrected chi connectivity index (χ3v) is 2.24. The first-order valence-electron chi connectivity index (χ1n) is 4.88. The lowest BCUT2D eigenvalue weighted by atomic mass is 9.86. The first-order valence-corrected chi connectivity index (χ1v) is 4.88. The minimum Gasteiger partial charge on any atom is -0.379 e. The van der Waals surface area contributed by atoms with Gasteiger partial charge in [-0.25, -0.2) is 0 Å². The molecule has 1 radical (unpaired) electrons. The quantitative estimate of drug-likeness (QED) is 0.546. The maximum absolute atomic E-state index is 5.44. The zero-order valence-corrected chi connectivity index (χ0v) is 7.76. The second-order valence-corrected chi connectivity index (χ2v) is 3.34. The number of ether oxygens (including phenoxy) is 2. The Balaban J connectivity index is 1.70. The van der Waals surface area contributed by atoms with Crippen LogP contribution in [0.25, 0.3) is 0 Å². The smallest absolute Gasteiger partial charge is 0.0700 e. The maximum atomic E-state index is 5.44. The SMILES string of the molecule is [CH2]CCOCCOCC1CCC1. The Morgan fingerprint density at radius 2 is 1.83 bits per heavy atom. The molecule has 0 saturated heterocycles. The first kappa shape index (κ1) is 10.0. The molecule has 0 heterocycles. The van der Waals surface area contributed by atoms with Crippen molar-refractivity contribution < 1.29 is 9.47 Å². The highest BCUT2D eigenvalue weighted by Crippen LogP contribution is 2.25. The van der Waals surface area contributed by atoms with Crippen LogP contribution in [0.4, 0.5) is 0 Å². The summed E-state index contributed by atoms with van der Waals surface area (Å²) in [5.74, 6) is 0.845. The predicted molar refractivity (Wildman–Crippen MR) is 49.0 cm³/mol. The molecule has 0 unspecified atom stereocenters. The van der Waals surface area contributed by atoms with E-state index in [-0.39, 0.29) is 0 Å². The molecule has 1 saturated carbocycles. The van der Waals surface area contributed by atoms with Crippen molar-refractivity contribution in [1.29, 1.82) is 0 Å². The molecule has 1 rings (SSSR count). The number of rotatable bonds is 7. The van der Waals surface area contributed by atoms with Gasteiger partial charge in [0.2, 0.25) is 0 Å². The first-order chi connectivity index (χ1) is 5.93. The van der Waals surface area contributed by atoms with Crippen molar-refractivity contribution in [2.24, 2.45) is 5.92 Å². The second kappa shape index (κ2) is 6.44. The molecule has 0 bridgehead atoms. The fourth-order valence-corrected chi connectivity index (χ4v) is 1.23. The second-order valence-electron chi connectivity index (χ2n) is 3.34. The van der Waals surface area contributed by atoms with E-state index in [0.29, 0.717) is 0 Å². The molecule has 0 aliphatic heterocycles. The molecule has 0 atom stereocenters. The Bertz CT molecular complexity index is 100. The van der Waals surface area contributed by atoms with Crippen LogP contribution in [-0.2, 0) is 9.47 Å². The normalized spacial score (nSPS) is 17.8. The van der Waals surface area contributed by atoms with E-state index in [0.717, 1.165) is 38.8 Å². The highest BCUT2D eigenvalue weighted by Gasteiger charge is 2.16. The fraction of sp³-hybridized carbons (Fsp3) is 0.900. The molecule has 1 fully saturated rings. The van der Waals surface area contributed by atoms with Gasteiger partial charge in [-0.3, -0.25) is 0 Å². The van der Waals surface area contributed by atoms with Gasteiger partial charge in [0.05, 0.1) is 13.2 Å². The van der Waals surface area contributed by atoms with Gasteiger partial charge in [-0.1, -0.05) is 13.3 Å². The lowest BCUT2D eigenvalue weighted by Gasteiger charge is -2.24. The summed E-state index contributed by atoms with van der Waals surface area (Å²) in [7, 11) is 0. The molecule has 0 aromatic carbocycles. The molecule has 71 valence electrons. The van der Waals surface area contributed by atoms with Gasteiger partial charge in [-0.2, -0.15) is 0 Å². The molecule has 1 aliphatic carbocycles. The third kappa shape index (κ3) is 4.07. The molecule has 0 aromatic rings. The summed E-state index contributed by atoms with van der Waals surface area (Å²) in [4.78, 5) is 0. The van der Waals surface area contributed by atoms with Gasteiger partial charge in [0.1, 0.15) is 0 Å². The summed E-state index contributed by atoms with van der Waals surface area (Å²) in [6.45, 7) is 6.85. The largest absolute Gasteiger partial charge is 0.379 e. The van der Waals surface area contributed by atoms with Crippen molar-refractivity contribution in [2.45, 2.75) is 25.7 Å². The van der Waals surface area contributed by atoms with E-state index in [1.165, 1.54) is 19.3 Å². The number of hydrogen-bond acceptors (Lipinski definition) is 2. The Morgan fingerprint density at radius 3 is 2.42 bits per heavy atom. The van der Waals surface area contributed by atoms with Crippen LogP contribution in [0.1, 0.15) is 25.7 Å². The molecule has 12 heavy (non-hydrogen) atoms. The highest BCUT2D eigenvalue weighted by atomic mass is 16.5. The average molecular weight is 171 g/mol. The third-order valence-electron chi connectivity index (χ3n) is 2.24. The van der Waals surface area contributed by atoms with E-state index in [1.54, 1.807) is 0 Å². The van der Waals surface area contributed by atoms with Gasteiger partial charge in [0.25, 0.3) is 0 Å². The van der Waals surface area contributed by atoms with Gasteiger partial charge in [-0.05, 0) is 25.2 Å². The highest BCUT2D eigenvalue weighted by molar-refractivity contribution is 4.68. The van der Waals surface area contributed by atoms with Gasteiger partial charge >= 0.3 is 0 Å². The molecule has 2 heteroatoms. The van der Waals surface area contributed by atoms with Crippen LogP contribution in [0, 0.1) is 12.8 Å². The molecular formula is C10H19O2. The van der Waals surface area contributed by atoms with Crippen molar-refractivity contribution in [3.8, 4) is 0 Å². The van der Waals surface area contributed by atoms with Gasteiger partial charge < -0.3 is 9.47 Å². The van der Waals surface area contributed by atoms with Crippen molar-refractivity contribution in [3.05, 3.63) is 6.92 Å². The predicted octanol–water partition coefficient (Wildman–Crippen LogP) is 2.04. The van der Waals surface area contributed by atoms with E-state index in [9.17, 15) is 0 Å². The molecule has 1 aliphatic rings. The molecular weight excluding hydrogens is 152 g/mol. The standard InChI is InChI=1S/C10H19O2/c1-2-6-11-7-8-12-9-10-4-3-5-10/h10H,1-9H2. The lowest BCUT2D eigenvalue weighted by Crippen LogP contribution is -2.19. The Morgan fingerprint density at radius 1 is 1.08 bits per heavy atom. The summed E-state index contributed by atoms with van der Waals surface area (Å²) in [6.07, 6.45) is 4.97. The minimum absolute atomic E-state index is 0.724. The van der Waals surface area contributed by atoms with E-state index >= 15 is 0 Å². The minimum atomic E-state index is 0.724. The van der Waals surface area contributed by atoms with Crippen LogP contribution in [-0.4, -0.2) is 26.4 Å². The van der Waals surface area contributed by atoms with E-state index in [2.05, 4.69) is 6.92 Å². The summed E-state index contributed by atoms with van der Waals surface area (Å²) < 4.78 is 10.7. The van der Waals surface area contributed by atoms with E-state index < -0.39 is 0 Å². The van der Waals surface area contributed by atoms with Crippen LogP contribution in [0.5, 0.6) is 0 Å². The van der Waals surface area contributed by atoms with Gasteiger partial charge in [-0.15, -0.1) is 0 Å². The summed E-state index contributed by atoms with van der Waals surface area (Å²) in [6, 6.07) is 0. The lowest BCUT2D eigenvalue weighted by molar-refractivity contribution is 0.0215. The molecule has 2 nitrogen and oxygen atoms in total. The summed E-state index contributed by atoms with van der Waals surface area (Å²) in [5.41, 5.74) is 0. The van der Waals surface area contributed by atoms with Crippen molar-refractivity contribution >= 4 is 0 Å². The van der Waals surface area contributed by atoms with Crippen molar-refractivity contribution in [1.82, 2.24) is 0 Å². The van der Waals surface area contributed by atoms with Crippen LogP contribution in [0.3, 0.4) is 0 Å². The van der Waals surface area contributed by atoms with Gasteiger partial charge in [0.15, 0.2) is 0 Å². The van der Waals surface area contributed by atoms with E-state index in [4.69, 9.17) is 9.47 Å². The summed E-state index contributed by atoms with van der Waals surface area (Å²) >= 11 is 0. The van der Waals surface area contributed by atoms with E-state index in [1.807, 2.05) is 0 Å². The summed E-state index contributed by atoms with van der Waals surface area (Å²) in [5, 5.41) is 0. The maximum Gasteiger partial charge on any atom is 0.0700 e. The molecule has 0 spiro atoms. The zero-order chi connectivity index (χ0) is 8.65. The monoisotopic (exact) mass is 171 g/mol. The van der Waals surface area contributed by atoms with Crippen molar-refractivity contribution in [3.63, 3.8) is 0 Å². The topological polar surface area (TPSA) is 18.5 Å². The van der Waals surface area contributed by atoms with Crippen LogP contribution >= 0.6 is 0 Å². The van der Waals surface area contributed by atoms with Gasteiger partial charge in [0, 0.05) is 13.2 Å². The van der Waals surface area contributed by atoms with Crippen molar-refractivity contribution in [2.75, 3.05) is 26.4 Å². The Kier molecular flexibility index (Phi) is 5.37. The van der Waals surface area contributed by atoms with Crippen LogP contribution < -0.4 is 0 Å². The number of hydrogen-bond donors (Lipinski definition) is 0. The molecule has 0 aromatic heterocycles. The Hall–Kier alpha value is -0.0800. The van der Waals surface area contributed by atoms with Crippen LogP contribution in [0.15, 0.2) is 0 Å². The zero-order valence-electron chi connectivity index (χ0n) is 7.76.